The lowest BCUT2D eigenvalue weighted by Crippen LogP contribution is -2.43. The molecule has 24 heavy (non-hydrogen) atoms. The van der Waals surface area contributed by atoms with Gasteiger partial charge in [0.1, 0.15) is 5.75 Å². The van der Waals surface area contributed by atoms with E-state index in [0.29, 0.717) is 17.5 Å². The maximum atomic E-state index is 12.4. The lowest BCUT2D eigenvalue weighted by Gasteiger charge is -2.33. The minimum Gasteiger partial charge on any atom is -0.484 e. The first-order valence-electron chi connectivity index (χ1n) is 8.51. The molecular weight excluding hydrogens is 308 g/mol. The Morgan fingerprint density at radius 2 is 1.83 bits per heavy atom. The third kappa shape index (κ3) is 5.15. The Kier molecular flexibility index (Phi) is 6.90. The number of methoxy groups -OCH3 is 1. The van der Waals surface area contributed by atoms with Crippen LogP contribution in [-0.4, -0.2) is 43.2 Å². The fraction of sp³-hybridized carbons (Fsp3) is 0.556. The van der Waals surface area contributed by atoms with E-state index in [0.717, 1.165) is 19.4 Å². The summed E-state index contributed by atoms with van der Waals surface area (Å²) in [6.45, 7) is 2.77. The highest BCUT2D eigenvalue weighted by molar-refractivity contribution is 5.84. The molecule has 0 radical (unpaired) electrons. The Morgan fingerprint density at radius 3 is 2.42 bits per heavy atom. The van der Waals surface area contributed by atoms with Crippen molar-refractivity contribution in [1.29, 1.82) is 0 Å². The molecule has 2 amide bonds. The molecule has 0 aliphatic heterocycles. The average molecular weight is 334 g/mol. The molecule has 0 spiro atoms. The molecule has 132 valence electrons. The lowest BCUT2D eigenvalue weighted by molar-refractivity contribution is -0.136. The van der Waals surface area contributed by atoms with Gasteiger partial charge in [-0.2, -0.15) is 0 Å². The maximum Gasteiger partial charge on any atom is 0.411 e. The van der Waals surface area contributed by atoms with Crippen LogP contribution in [0.25, 0.3) is 0 Å². The summed E-state index contributed by atoms with van der Waals surface area (Å²) in [4.78, 5) is 25.5. The van der Waals surface area contributed by atoms with Crippen molar-refractivity contribution in [2.75, 3.05) is 25.6 Å². The van der Waals surface area contributed by atoms with Crippen LogP contribution in [0.1, 0.15) is 39.0 Å². The van der Waals surface area contributed by atoms with Crippen molar-refractivity contribution in [3.63, 3.8) is 0 Å². The number of benzene rings is 1. The van der Waals surface area contributed by atoms with Crippen LogP contribution in [0.5, 0.6) is 5.75 Å². The summed E-state index contributed by atoms with van der Waals surface area (Å²) >= 11 is 0. The standard InChI is InChI=1S/C18H26N2O4/c1-3-20(15-7-5-4-6-8-15)17(21)13-24-16-11-9-14(10-12-16)19-18(22)23-2/h9-12,15H,3-8,13H2,1-2H3,(H,19,22). The maximum absolute atomic E-state index is 12.4. The second-order valence-electron chi connectivity index (χ2n) is 5.90. The monoisotopic (exact) mass is 334 g/mol. The van der Waals surface area contributed by atoms with Crippen LogP contribution in [0.15, 0.2) is 24.3 Å². The number of ether oxygens (including phenoxy) is 2. The van der Waals surface area contributed by atoms with Crippen molar-refractivity contribution >= 4 is 17.7 Å². The zero-order chi connectivity index (χ0) is 17.4. The van der Waals surface area contributed by atoms with E-state index in [-0.39, 0.29) is 12.5 Å². The highest BCUT2D eigenvalue weighted by Crippen LogP contribution is 2.23. The van der Waals surface area contributed by atoms with Gasteiger partial charge in [-0.25, -0.2) is 4.79 Å². The van der Waals surface area contributed by atoms with Crippen LogP contribution < -0.4 is 10.1 Å². The molecule has 0 unspecified atom stereocenters. The first-order chi connectivity index (χ1) is 11.6. The summed E-state index contributed by atoms with van der Waals surface area (Å²) < 4.78 is 10.1. The molecule has 1 aromatic carbocycles. The molecule has 1 saturated carbocycles. The highest BCUT2D eigenvalue weighted by Gasteiger charge is 2.24. The van der Waals surface area contributed by atoms with Crippen LogP contribution in [0.4, 0.5) is 10.5 Å². The summed E-state index contributed by atoms with van der Waals surface area (Å²) in [5.74, 6) is 0.625. The first-order valence-corrected chi connectivity index (χ1v) is 8.51. The largest absolute Gasteiger partial charge is 0.484 e. The normalized spacial score (nSPS) is 14.8. The lowest BCUT2D eigenvalue weighted by atomic mass is 9.94. The van der Waals surface area contributed by atoms with Gasteiger partial charge < -0.3 is 14.4 Å². The van der Waals surface area contributed by atoms with Crippen LogP contribution in [0, 0.1) is 0 Å². The van der Waals surface area contributed by atoms with Gasteiger partial charge in [-0.1, -0.05) is 19.3 Å². The molecule has 1 N–H and O–H groups in total. The van der Waals surface area contributed by atoms with Crippen molar-refractivity contribution in [3.05, 3.63) is 24.3 Å². The van der Waals surface area contributed by atoms with Gasteiger partial charge >= 0.3 is 6.09 Å². The Bertz CT molecular complexity index is 538. The average Bonchev–Trinajstić information content (AvgIpc) is 2.62. The molecule has 6 nitrogen and oxygen atoms in total. The van der Waals surface area contributed by atoms with Gasteiger partial charge in [0.15, 0.2) is 6.61 Å². The van der Waals surface area contributed by atoms with E-state index in [1.807, 2.05) is 11.8 Å². The Morgan fingerprint density at radius 1 is 1.17 bits per heavy atom. The number of carbonyl (C=O) groups excluding carboxylic acids is 2. The van der Waals surface area contributed by atoms with Gasteiger partial charge in [0, 0.05) is 18.3 Å². The van der Waals surface area contributed by atoms with E-state index in [1.165, 1.54) is 26.4 Å². The number of carbonyl (C=O) groups is 2. The fourth-order valence-electron chi connectivity index (χ4n) is 3.06. The number of likely N-dealkylation sites (N-methyl/N-ethyl adjacent to an activating group) is 1. The number of hydrogen-bond acceptors (Lipinski definition) is 4. The van der Waals surface area contributed by atoms with E-state index in [2.05, 4.69) is 10.1 Å². The van der Waals surface area contributed by atoms with Gasteiger partial charge in [0.2, 0.25) is 0 Å². The quantitative estimate of drug-likeness (QED) is 0.865. The molecule has 0 bridgehead atoms. The predicted octanol–water partition coefficient (Wildman–Crippen LogP) is 3.42. The van der Waals surface area contributed by atoms with Crippen molar-refractivity contribution in [3.8, 4) is 5.75 Å². The van der Waals surface area contributed by atoms with Crippen LogP contribution in [-0.2, 0) is 9.53 Å². The number of anilines is 1. The molecule has 1 fully saturated rings. The zero-order valence-electron chi connectivity index (χ0n) is 14.4. The Hall–Kier alpha value is -2.24. The molecular formula is C18H26N2O4. The topological polar surface area (TPSA) is 67.9 Å². The van der Waals surface area contributed by atoms with Crippen LogP contribution >= 0.6 is 0 Å². The minimum absolute atomic E-state index is 0.0289. The van der Waals surface area contributed by atoms with Crippen LogP contribution in [0.3, 0.4) is 0 Å². The van der Waals surface area contributed by atoms with E-state index in [1.54, 1.807) is 24.3 Å². The Labute approximate surface area is 143 Å². The molecule has 0 saturated heterocycles. The minimum atomic E-state index is -0.523. The summed E-state index contributed by atoms with van der Waals surface area (Å²) in [7, 11) is 1.31. The molecule has 1 aliphatic rings. The van der Waals surface area contributed by atoms with Crippen molar-refractivity contribution in [2.24, 2.45) is 0 Å². The molecule has 6 heteroatoms. The third-order valence-corrected chi connectivity index (χ3v) is 4.32. The van der Waals surface area contributed by atoms with Crippen molar-refractivity contribution < 1.29 is 19.1 Å². The number of rotatable bonds is 6. The van der Waals surface area contributed by atoms with Gasteiger partial charge in [-0.15, -0.1) is 0 Å². The Balaban J connectivity index is 1.84. The van der Waals surface area contributed by atoms with Gasteiger partial charge in [-0.3, -0.25) is 10.1 Å². The van der Waals surface area contributed by atoms with E-state index < -0.39 is 6.09 Å². The first kappa shape index (κ1) is 18.1. The molecule has 1 aliphatic carbocycles. The second-order valence-corrected chi connectivity index (χ2v) is 5.90. The molecule has 0 aromatic heterocycles. The third-order valence-electron chi connectivity index (χ3n) is 4.32. The highest BCUT2D eigenvalue weighted by atomic mass is 16.5. The summed E-state index contributed by atoms with van der Waals surface area (Å²) in [5.41, 5.74) is 0.609. The van der Waals surface area contributed by atoms with Gasteiger partial charge in [0.05, 0.1) is 7.11 Å². The number of nitrogens with zero attached hydrogens (tertiary/aromatic N) is 1. The van der Waals surface area contributed by atoms with E-state index in [4.69, 9.17) is 4.74 Å². The number of nitrogens with one attached hydrogen (secondary N) is 1. The molecule has 1 aromatic rings. The molecule has 0 atom stereocenters. The second kappa shape index (κ2) is 9.15. The van der Waals surface area contributed by atoms with Gasteiger partial charge in [0.25, 0.3) is 5.91 Å². The summed E-state index contributed by atoms with van der Waals surface area (Å²) in [6, 6.07) is 7.20. The van der Waals surface area contributed by atoms with E-state index in [9.17, 15) is 9.59 Å². The SMILES string of the molecule is CCN(C(=O)COc1ccc(NC(=O)OC)cc1)C1CCCCC1. The summed E-state index contributed by atoms with van der Waals surface area (Å²) in [6.07, 6.45) is 5.32. The molecule has 0 heterocycles. The van der Waals surface area contributed by atoms with Crippen molar-refractivity contribution in [1.82, 2.24) is 4.90 Å². The van der Waals surface area contributed by atoms with Gasteiger partial charge in [-0.05, 0) is 44.0 Å². The number of hydrogen-bond donors (Lipinski definition) is 1. The van der Waals surface area contributed by atoms with E-state index >= 15 is 0 Å². The van der Waals surface area contributed by atoms with Crippen LogP contribution in [0.2, 0.25) is 0 Å². The van der Waals surface area contributed by atoms with Crippen molar-refractivity contribution in [2.45, 2.75) is 45.1 Å². The number of amides is 2. The smallest absolute Gasteiger partial charge is 0.411 e. The predicted molar refractivity (Wildman–Crippen MR) is 92.2 cm³/mol. The zero-order valence-corrected chi connectivity index (χ0v) is 14.4. The molecule has 2 rings (SSSR count). The summed E-state index contributed by atoms with van der Waals surface area (Å²) in [5, 5.41) is 2.56. The fourth-order valence-corrected chi connectivity index (χ4v) is 3.06.